The first-order valence-corrected chi connectivity index (χ1v) is 6.92. The van der Waals surface area contributed by atoms with E-state index in [2.05, 4.69) is 18.3 Å². The molecule has 0 saturated carbocycles. The van der Waals surface area contributed by atoms with Crippen LogP contribution in [-0.4, -0.2) is 25.8 Å². The van der Waals surface area contributed by atoms with Gasteiger partial charge in [-0.2, -0.15) is 0 Å². The van der Waals surface area contributed by atoms with Gasteiger partial charge in [0.1, 0.15) is 0 Å². The van der Waals surface area contributed by atoms with E-state index in [0.717, 1.165) is 19.8 Å². The van der Waals surface area contributed by atoms with Gasteiger partial charge in [-0.3, -0.25) is 0 Å². The highest BCUT2D eigenvalue weighted by Crippen LogP contribution is 2.28. The van der Waals surface area contributed by atoms with E-state index >= 15 is 0 Å². The Kier molecular flexibility index (Phi) is 4.86. The molecule has 1 aliphatic carbocycles. The third-order valence-corrected chi connectivity index (χ3v) is 3.82. The van der Waals surface area contributed by atoms with Gasteiger partial charge in [0.15, 0.2) is 0 Å². The van der Waals surface area contributed by atoms with Crippen molar-refractivity contribution < 1.29 is 4.74 Å². The molecule has 1 N–H and O–H groups in total. The lowest BCUT2D eigenvalue weighted by Gasteiger charge is -2.33. The molecule has 0 amide bonds. The zero-order valence-corrected chi connectivity index (χ0v) is 10.5. The van der Waals surface area contributed by atoms with Gasteiger partial charge in [-0.05, 0) is 45.1 Å². The summed E-state index contributed by atoms with van der Waals surface area (Å²) in [5, 5.41) is 3.67. The van der Waals surface area contributed by atoms with Gasteiger partial charge in [0.2, 0.25) is 0 Å². The lowest BCUT2D eigenvalue weighted by Crippen LogP contribution is -2.41. The lowest BCUT2D eigenvalue weighted by molar-refractivity contribution is 0.0440. The number of hydrogen-bond acceptors (Lipinski definition) is 2. The van der Waals surface area contributed by atoms with E-state index in [-0.39, 0.29) is 0 Å². The first kappa shape index (κ1) is 12.1. The fourth-order valence-electron chi connectivity index (χ4n) is 2.99. The molecule has 0 aromatic carbocycles. The molecule has 1 saturated heterocycles. The molecule has 16 heavy (non-hydrogen) atoms. The first-order valence-electron chi connectivity index (χ1n) is 6.92. The highest BCUT2D eigenvalue weighted by atomic mass is 16.5. The second-order valence-electron chi connectivity index (χ2n) is 5.04. The predicted octanol–water partition coefficient (Wildman–Crippen LogP) is 2.89. The van der Waals surface area contributed by atoms with Gasteiger partial charge in [-0.25, -0.2) is 0 Å². The maximum Gasteiger partial charge on any atom is 0.0512 e. The van der Waals surface area contributed by atoms with E-state index in [4.69, 9.17) is 4.74 Å². The maximum atomic E-state index is 5.63. The smallest absolute Gasteiger partial charge is 0.0512 e. The molecule has 0 bridgehead atoms. The molecule has 2 nitrogen and oxygen atoms in total. The van der Waals surface area contributed by atoms with Crippen LogP contribution in [0.15, 0.2) is 11.6 Å². The van der Waals surface area contributed by atoms with Crippen LogP contribution < -0.4 is 5.32 Å². The second-order valence-corrected chi connectivity index (χ2v) is 5.04. The molecule has 92 valence electrons. The Balaban J connectivity index is 1.99. The second kappa shape index (κ2) is 6.41. The van der Waals surface area contributed by atoms with Crippen molar-refractivity contribution in [1.29, 1.82) is 0 Å². The van der Waals surface area contributed by atoms with Crippen LogP contribution in [0.3, 0.4) is 0 Å². The standard InChI is InChI=1S/C14H25NO/c1-2-15-14(12-7-4-3-5-8-12)13-9-6-10-16-11-13/h7,13-15H,2-6,8-11H2,1H3. The quantitative estimate of drug-likeness (QED) is 0.740. The molecule has 1 fully saturated rings. The highest BCUT2D eigenvalue weighted by Gasteiger charge is 2.26. The van der Waals surface area contributed by atoms with Crippen molar-refractivity contribution in [3.05, 3.63) is 11.6 Å². The molecular weight excluding hydrogens is 198 g/mol. The van der Waals surface area contributed by atoms with Crippen LogP contribution in [0.4, 0.5) is 0 Å². The van der Waals surface area contributed by atoms with E-state index in [1.54, 1.807) is 5.57 Å². The monoisotopic (exact) mass is 223 g/mol. The third kappa shape index (κ3) is 3.08. The van der Waals surface area contributed by atoms with Crippen LogP contribution in [0.1, 0.15) is 45.4 Å². The minimum absolute atomic E-state index is 0.589. The number of rotatable bonds is 4. The van der Waals surface area contributed by atoms with E-state index in [9.17, 15) is 0 Å². The van der Waals surface area contributed by atoms with Crippen LogP contribution in [0.5, 0.6) is 0 Å². The Bertz CT molecular complexity index is 231. The SMILES string of the molecule is CCNC(C1=CCCCC1)C1CCCOC1. The van der Waals surface area contributed by atoms with Crippen molar-refractivity contribution in [2.24, 2.45) is 5.92 Å². The zero-order valence-electron chi connectivity index (χ0n) is 10.5. The Morgan fingerprint density at radius 1 is 1.44 bits per heavy atom. The summed E-state index contributed by atoms with van der Waals surface area (Å²) in [6.45, 7) is 5.20. The van der Waals surface area contributed by atoms with Gasteiger partial charge in [0, 0.05) is 18.6 Å². The normalized spacial score (nSPS) is 28.6. The van der Waals surface area contributed by atoms with Gasteiger partial charge >= 0.3 is 0 Å². The zero-order chi connectivity index (χ0) is 11.2. The molecule has 1 heterocycles. The molecule has 0 radical (unpaired) electrons. The molecule has 0 aromatic heterocycles. The average Bonchev–Trinajstić information content (AvgIpc) is 2.38. The fourth-order valence-corrected chi connectivity index (χ4v) is 2.99. The van der Waals surface area contributed by atoms with Gasteiger partial charge in [0.05, 0.1) is 6.61 Å². The maximum absolute atomic E-state index is 5.63. The average molecular weight is 223 g/mol. The van der Waals surface area contributed by atoms with Crippen LogP contribution in [0, 0.1) is 5.92 Å². The van der Waals surface area contributed by atoms with Crippen LogP contribution in [-0.2, 0) is 4.74 Å². The van der Waals surface area contributed by atoms with Crippen molar-refractivity contribution in [3.63, 3.8) is 0 Å². The number of ether oxygens (including phenoxy) is 1. The minimum Gasteiger partial charge on any atom is -0.381 e. The summed E-state index contributed by atoms with van der Waals surface area (Å²) in [4.78, 5) is 0. The summed E-state index contributed by atoms with van der Waals surface area (Å²) in [6.07, 6.45) is 10.4. The summed E-state index contributed by atoms with van der Waals surface area (Å²) in [5.74, 6) is 0.707. The van der Waals surface area contributed by atoms with E-state index in [0.29, 0.717) is 12.0 Å². The number of allylic oxidation sites excluding steroid dienone is 1. The molecule has 2 aliphatic rings. The van der Waals surface area contributed by atoms with Crippen molar-refractivity contribution >= 4 is 0 Å². The largest absolute Gasteiger partial charge is 0.381 e. The number of hydrogen-bond donors (Lipinski definition) is 1. The molecule has 0 aromatic rings. The Morgan fingerprint density at radius 2 is 2.38 bits per heavy atom. The van der Waals surface area contributed by atoms with Crippen LogP contribution >= 0.6 is 0 Å². The molecule has 2 unspecified atom stereocenters. The van der Waals surface area contributed by atoms with Crippen LogP contribution in [0.25, 0.3) is 0 Å². The van der Waals surface area contributed by atoms with Gasteiger partial charge < -0.3 is 10.1 Å². The van der Waals surface area contributed by atoms with Crippen molar-refractivity contribution in [2.45, 2.75) is 51.5 Å². The number of likely N-dealkylation sites (N-methyl/N-ethyl adjacent to an activating group) is 1. The van der Waals surface area contributed by atoms with Gasteiger partial charge in [-0.1, -0.05) is 18.6 Å². The summed E-state index contributed by atoms with van der Waals surface area (Å²) < 4.78 is 5.63. The molecular formula is C14H25NO. The summed E-state index contributed by atoms with van der Waals surface area (Å²) >= 11 is 0. The predicted molar refractivity (Wildman–Crippen MR) is 67.6 cm³/mol. The first-order chi connectivity index (χ1) is 7.92. The topological polar surface area (TPSA) is 21.3 Å². The minimum atomic E-state index is 0.589. The highest BCUT2D eigenvalue weighted by molar-refractivity contribution is 5.15. The fraction of sp³-hybridized carbons (Fsp3) is 0.857. The van der Waals surface area contributed by atoms with Crippen LogP contribution in [0.2, 0.25) is 0 Å². The number of nitrogens with one attached hydrogen (secondary N) is 1. The summed E-state index contributed by atoms with van der Waals surface area (Å²) in [7, 11) is 0. The van der Waals surface area contributed by atoms with E-state index in [1.807, 2.05) is 0 Å². The Hall–Kier alpha value is -0.340. The molecule has 1 aliphatic heterocycles. The summed E-state index contributed by atoms with van der Waals surface area (Å²) in [5.41, 5.74) is 1.66. The van der Waals surface area contributed by atoms with E-state index < -0.39 is 0 Å². The van der Waals surface area contributed by atoms with Crippen molar-refractivity contribution in [2.75, 3.05) is 19.8 Å². The van der Waals surface area contributed by atoms with Crippen molar-refractivity contribution in [1.82, 2.24) is 5.32 Å². The molecule has 0 spiro atoms. The van der Waals surface area contributed by atoms with E-state index in [1.165, 1.54) is 38.5 Å². The van der Waals surface area contributed by atoms with Crippen molar-refractivity contribution in [3.8, 4) is 0 Å². The Labute approximate surface area is 99.4 Å². The summed E-state index contributed by atoms with van der Waals surface area (Å²) in [6, 6.07) is 0.589. The molecule has 2 rings (SSSR count). The third-order valence-electron chi connectivity index (χ3n) is 3.82. The lowest BCUT2D eigenvalue weighted by atomic mass is 9.84. The molecule has 2 heteroatoms. The van der Waals surface area contributed by atoms with Gasteiger partial charge in [0.25, 0.3) is 0 Å². The Morgan fingerprint density at radius 3 is 3.00 bits per heavy atom. The molecule has 2 atom stereocenters. The van der Waals surface area contributed by atoms with Gasteiger partial charge in [-0.15, -0.1) is 0 Å².